The zero-order chi connectivity index (χ0) is 18.5. The topological polar surface area (TPSA) is 57.5 Å². The van der Waals surface area contributed by atoms with Crippen LogP contribution in [-0.2, 0) is 4.79 Å². The molecule has 0 aromatic heterocycles. The summed E-state index contributed by atoms with van der Waals surface area (Å²) in [4.78, 5) is 11.9. The minimum atomic E-state index is -0.622. The molecule has 4 rings (SSSR count). The summed E-state index contributed by atoms with van der Waals surface area (Å²) in [5, 5.41) is 20.9. The molecule has 4 aliphatic rings. The largest absolute Gasteiger partial charge is 0.396 e. The van der Waals surface area contributed by atoms with E-state index in [0.29, 0.717) is 36.4 Å². The number of carbonyl (C=O) groups is 1. The highest BCUT2D eigenvalue weighted by Gasteiger charge is 2.61. The van der Waals surface area contributed by atoms with Gasteiger partial charge >= 0.3 is 0 Å². The molecule has 0 aromatic rings. The lowest BCUT2D eigenvalue weighted by atomic mass is 9.51. The van der Waals surface area contributed by atoms with Gasteiger partial charge < -0.3 is 10.2 Å². The Balaban J connectivity index is 1.74. The first kappa shape index (κ1) is 18.4. The smallest absolute Gasteiger partial charge is 0.156 e. The van der Waals surface area contributed by atoms with Crippen LogP contribution in [0, 0.1) is 23.2 Å². The highest BCUT2D eigenvalue weighted by Crippen LogP contribution is 2.66. The van der Waals surface area contributed by atoms with Crippen LogP contribution in [-0.4, -0.2) is 28.2 Å². The van der Waals surface area contributed by atoms with Gasteiger partial charge in [-0.25, -0.2) is 0 Å². The van der Waals surface area contributed by atoms with Crippen LogP contribution in [0.1, 0.15) is 78.1 Å². The van der Waals surface area contributed by atoms with Crippen molar-refractivity contribution < 1.29 is 15.0 Å². The fourth-order valence-corrected chi connectivity index (χ4v) is 7.07. The van der Waals surface area contributed by atoms with Crippen molar-refractivity contribution >= 4 is 5.78 Å². The summed E-state index contributed by atoms with van der Waals surface area (Å²) in [6, 6.07) is 0. The van der Waals surface area contributed by atoms with Crippen LogP contribution < -0.4 is 0 Å². The Morgan fingerprint density at radius 1 is 1.23 bits per heavy atom. The maximum absolute atomic E-state index is 11.9. The Labute approximate surface area is 157 Å². The van der Waals surface area contributed by atoms with Gasteiger partial charge in [0.1, 0.15) is 0 Å². The maximum atomic E-state index is 11.9. The zero-order valence-electron chi connectivity index (χ0n) is 16.4. The molecule has 3 nitrogen and oxygen atoms in total. The fourth-order valence-electron chi connectivity index (χ4n) is 7.07. The van der Waals surface area contributed by atoms with Gasteiger partial charge in [-0.2, -0.15) is 0 Å². The Kier molecular flexibility index (Phi) is 4.68. The molecular formula is C23H34O3. The molecule has 5 atom stereocenters. The molecule has 0 saturated heterocycles. The average molecular weight is 359 g/mol. The van der Waals surface area contributed by atoms with Crippen LogP contribution >= 0.6 is 0 Å². The van der Waals surface area contributed by atoms with Crippen molar-refractivity contribution in [3.05, 3.63) is 22.8 Å². The Morgan fingerprint density at radius 2 is 2.04 bits per heavy atom. The summed E-state index contributed by atoms with van der Waals surface area (Å²) in [6.45, 7) is 4.79. The summed E-state index contributed by atoms with van der Waals surface area (Å²) < 4.78 is 0. The van der Waals surface area contributed by atoms with E-state index >= 15 is 0 Å². The highest BCUT2D eigenvalue weighted by atomic mass is 16.3. The second kappa shape index (κ2) is 6.60. The molecule has 0 radical (unpaired) electrons. The van der Waals surface area contributed by atoms with Crippen LogP contribution in [0.3, 0.4) is 0 Å². The number of ketones is 1. The minimum Gasteiger partial charge on any atom is -0.396 e. The number of fused-ring (bicyclic) bond motifs is 4. The van der Waals surface area contributed by atoms with Gasteiger partial charge in [0.25, 0.3) is 0 Å². The van der Waals surface area contributed by atoms with Crippen molar-refractivity contribution in [3.63, 3.8) is 0 Å². The Morgan fingerprint density at radius 3 is 2.77 bits per heavy atom. The van der Waals surface area contributed by atoms with Crippen LogP contribution in [0.15, 0.2) is 22.8 Å². The number of aliphatic hydroxyl groups excluding tert-OH is 1. The predicted molar refractivity (Wildman–Crippen MR) is 103 cm³/mol. The van der Waals surface area contributed by atoms with E-state index in [9.17, 15) is 15.0 Å². The molecule has 3 heteroatoms. The summed E-state index contributed by atoms with van der Waals surface area (Å²) in [5.74, 6) is 1.97. The van der Waals surface area contributed by atoms with Crippen LogP contribution in [0.5, 0.6) is 0 Å². The molecule has 0 aliphatic heterocycles. The number of hydrogen-bond donors (Lipinski definition) is 2. The van der Waals surface area contributed by atoms with Gasteiger partial charge in [0.2, 0.25) is 0 Å². The number of hydrogen-bond acceptors (Lipinski definition) is 3. The molecule has 4 aliphatic carbocycles. The monoisotopic (exact) mass is 358 g/mol. The standard InChI is InChI=1S/C23H34O3/c1-3-15-14-22(2)20(9-11-23(22,26)10-4-12-24)19-7-5-16-13-17(25)6-8-18(16)21(15)19/h13,15,19-20,24,26H,3-12,14H2,1-2H3/t15-,19-,20-,22-,23-/m0/s1. The van der Waals surface area contributed by atoms with E-state index in [1.165, 1.54) is 11.1 Å². The van der Waals surface area contributed by atoms with Crippen molar-refractivity contribution in [1.29, 1.82) is 0 Å². The first-order valence-corrected chi connectivity index (χ1v) is 10.7. The molecule has 2 fully saturated rings. The number of aliphatic hydroxyl groups is 2. The molecule has 0 amide bonds. The third-order valence-corrected chi connectivity index (χ3v) is 8.40. The molecule has 144 valence electrons. The van der Waals surface area contributed by atoms with E-state index in [1.54, 1.807) is 5.57 Å². The highest BCUT2D eigenvalue weighted by molar-refractivity contribution is 5.93. The molecule has 0 heterocycles. The van der Waals surface area contributed by atoms with Gasteiger partial charge in [-0.15, -0.1) is 0 Å². The van der Waals surface area contributed by atoms with Crippen LogP contribution in [0.4, 0.5) is 0 Å². The lowest BCUT2D eigenvalue weighted by Gasteiger charge is -2.55. The van der Waals surface area contributed by atoms with Crippen LogP contribution in [0.25, 0.3) is 0 Å². The average Bonchev–Trinajstić information content (AvgIpc) is 2.90. The van der Waals surface area contributed by atoms with E-state index in [-0.39, 0.29) is 12.0 Å². The molecule has 2 saturated carbocycles. The molecule has 26 heavy (non-hydrogen) atoms. The predicted octanol–water partition coefficient (Wildman–Crippen LogP) is 4.33. The quantitative estimate of drug-likeness (QED) is 0.786. The van der Waals surface area contributed by atoms with E-state index in [2.05, 4.69) is 13.8 Å². The molecule has 0 unspecified atom stereocenters. The Bertz CT molecular complexity index is 660. The molecular weight excluding hydrogens is 324 g/mol. The second-order valence-corrected chi connectivity index (χ2v) is 9.45. The lowest BCUT2D eigenvalue weighted by Crippen LogP contribution is -2.52. The van der Waals surface area contributed by atoms with E-state index in [4.69, 9.17) is 0 Å². The van der Waals surface area contributed by atoms with Gasteiger partial charge in [-0.1, -0.05) is 19.4 Å². The van der Waals surface area contributed by atoms with Gasteiger partial charge in [0, 0.05) is 18.4 Å². The second-order valence-electron chi connectivity index (χ2n) is 9.45. The number of allylic oxidation sites excluding steroid dienone is 4. The van der Waals surface area contributed by atoms with Crippen molar-refractivity contribution in [3.8, 4) is 0 Å². The maximum Gasteiger partial charge on any atom is 0.156 e. The van der Waals surface area contributed by atoms with Crippen molar-refractivity contribution in [2.45, 2.75) is 83.7 Å². The van der Waals surface area contributed by atoms with E-state index in [0.717, 1.165) is 51.4 Å². The van der Waals surface area contributed by atoms with Gasteiger partial charge in [0.15, 0.2) is 5.78 Å². The SMILES string of the molecule is CC[C@H]1C[C@@]2(C)[C@@H](CC[C@@]2(O)CCCO)[C@@H]2CCC3=CC(=O)CCC3=C12. The normalized spacial score (nSPS) is 42.2. The molecule has 0 spiro atoms. The summed E-state index contributed by atoms with van der Waals surface area (Å²) in [7, 11) is 0. The van der Waals surface area contributed by atoms with Crippen molar-refractivity contribution in [2.75, 3.05) is 6.61 Å². The molecule has 0 aromatic carbocycles. The minimum absolute atomic E-state index is 0.0384. The third-order valence-electron chi connectivity index (χ3n) is 8.40. The number of carbonyl (C=O) groups excluding carboxylic acids is 1. The van der Waals surface area contributed by atoms with Gasteiger partial charge in [-0.05, 0) is 92.8 Å². The first-order valence-electron chi connectivity index (χ1n) is 10.7. The molecule has 0 bridgehead atoms. The first-order chi connectivity index (χ1) is 12.4. The Hall–Kier alpha value is -0.930. The number of rotatable bonds is 4. The van der Waals surface area contributed by atoms with Gasteiger partial charge in [0.05, 0.1) is 5.60 Å². The fraction of sp³-hybridized carbons (Fsp3) is 0.783. The zero-order valence-corrected chi connectivity index (χ0v) is 16.4. The van der Waals surface area contributed by atoms with Crippen molar-refractivity contribution in [1.82, 2.24) is 0 Å². The molecule has 2 N–H and O–H groups in total. The summed E-state index contributed by atoms with van der Waals surface area (Å²) in [5.41, 5.74) is 3.83. The van der Waals surface area contributed by atoms with Crippen molar-refractivity contribution in [2.24, 2.45) is 23.2 Å². The van der Waals surface area contributed by atoms with Crippen LogP contribution in [0.2, 0.25) is 0 Å². The third kappa shape index (κ3) is 2.57. The van der Waals surface area contributed by atoms with Gasteiger partial charge in [-0.3, -0.25) is 4.79 Å². The summed E-state index contributed by atoms with van der Waals surface area (Å²) in [6.07, 6.45) is 11.3. The van der Waals surface area contributed by atoms with E-state index in [1.807, 2.05) is 6.08 Å². The lowest BCUT2D eigenvalue weighted by molar-refractivity contribution is -0.114. The van der Waals surface area contributed by atoms with E-state index < -0.39 is 5.60 Å². The summed E-state index contributed by atoms with van der Waals surface area (Å²) >= 11 is 0.